The largest absolute Gasteiger partial charge is 0.478 e. The number of thiazole rings is 1. The fourth-order valence-electron chi connectivity index (χ4n) is 3.03. The van der Waals surface area contributed by atoms with Gasteiger partial charge in [-0.2, -0.15) is 0 Å². The van der Waals surface area contributed by atoms with Gasteiger partial charge < -0.3 is 5.11 Å². The molecule has 1 N–H and O–H groups in total. The summed E-state index contributed by atoms with van der Waals surface area (Å²) < 4.78 is 0.527. The lowest BCUT2D eigenvalue weighted by Gasteiger charge is -2.03. The number of carboxylic acids is 1. The van der Waals surface area contributed by atoms with Gasteiger partial charge in [-0.3, -0.25) is 14.9 Å². The minimum Gasteiger partial charge on any atom is -0.478 e. The van der Waals surface area contributed by atoms with Crippen molar-refractivity contribution >= 4 is 61.9 Å². The third kappa shape index (κ3) is 3.70. The number of rotatable bonds is 6. The first kappa shape index (κ1) is 20.1. The van der Waals surface area contributed by atoms with Crippen LogP contribution in [0.4, 0.5) is 5.69 Å². The number of fused-ring (bicyclic) bond motifs is 1. The number of benzene rings is 2. The first-order valence-corrected chi connectivity index (χ1v) is 10.6. The van der Waals surface area contributed by atoms with E-state index >= 15 is 0 Å². The predicted molar refractivity (Wildman–Crippen MR) is 116 cm³/mol. The van der Waals surface area contributed by atoms with E-state index < -0.39 is 16.7 Å². The lowest BCUT2D eigenvalue weighted by molar-refractivity contribution is -0.383. The molecule has 0 saturated carbocycles. The number of carbonyl (C=O) groups excluding carboxylic acids is 1. The molecule has 2 heterocycles. The Kier molecular flexibility index (Phi) is 5.33. The molecule has 2 aromatic carbocycles. The molecule has 0 aliphatic rings. The number of ketones is 1. The van der Waals surface area contributed by atoms with E-state index in [0.29, 0.717) is 25.7 Å². The van der Waals surface area contributed by atoms with E-state index in [1.807, 2.05) is 0 Å². The lowest BCUT2D eigenvalue weighted by Crippen LogP contribution is -2.07. The third-order valence-electron chi connectivity index (χ3n) is 4.39. The molecule has 2 aromatic heterocycles. The van der Waals surface area contributed by atoms with E-state index in [9.17, 15) is 24.8 Å². The van der Waals surface area contributed by atoms with Crippen molar-refractivity contribution in [3.8, 4) is 11.1 Å². The molecule has 0 radical (unpaired) electrons. The topological polar surface area (TPSA) is 110 Å². The zero-order valence-corrected chi connectivity index (χ0v) is 17.4. The molecular weight excluding hydrogens is 448 g/mol. The van der Waals surface area contributed by atoms with Crippen molar-refractivity contribution in [2.75, 3.05) is 0 Å². The van der Waals surface area contributed by atoms with Crippen LogP contribution in [-0.2, 0) is 6.42 Å². The van der Waals surface area contributed by atoms with Gasteiger partial charge in [0.15, 0.2) is 16.3 Å². The summed E-state index contributed by atoms with van der Waals surface area (Å²) in [4.78, 5) is 39.9. The standard InChI is InChI=1S/C20H11ClN2O5S2/c21-11-6-4-10(5-7-11)12-9-29-16(17(12)20(25)26)8-14(24)19-22-18-13(23(27)28)2-1-3-15(18)30-19/h1-7,9H,8H2,(H,25,26). The van der Waals surface area contributed by atoms with Gasteiger partial charge in [-0.15, -0.1) is 22.7 Å². The van der Waals surface area contributed by atoms with E-state index in [-0.39, 0.29) is 28.2 Å². The molecule has 4 aromatic rings. The van der Waals surface area contributed by atoms with Crippen LogP contribution in [0.25, 0.3) is 21.3 Å². The highest BCUT2D eigenvalue weighted by atomic mass is 35.5. The summed E-state index contributed by atoms with van der Waals surface area (Å²) in [5, 5.41) is 23.2. The lowest BCUT2D eigenvalue weighted by atomic mass is 10.0. The first-order valence-electron chi connectivity index (χ1n) is 8.52. The molecule has 0 fully saturated rings. The molecule has 0 aliphatic heterocycles. The van der Waals surface area contributed by atoms with Gasteiger partial charge in [0.25, 0.3) is 5.69 Å². The van der Waals surface area contributed by atoms with Crippen LogP contribution in [0.3, 0.4) is 0 Å². The summed E-state index contributed by atoms with van der Waals surface area (Å²) in [6.07, 6.45) is -0.159. The van der Waals surface area contributed by atoms with Crippen molar-refractivity contribution in [2.24, 2.45) is 0 Å². The Labute approximate surface area is 182 Å². The van der Waals surface area contributed by atoms with Gasteiger partial charge >= 0.3 is 5.97 Å². The van der Waals surface area contributed by atoms with Crippen LogP contribution < -0.4 is 0 Å². The van der Waals surface area contributed by atoms with Crippen LogP contribution in [0.5, 0.6) is 0 Å². The Morgan fingerprint density at radius 3 is 2.57 bits per heavy atom. The number of non-ortho nitro benzene ring substituents is 1. The smallest absolute Gasteiger partial charge is 0.337 e. The number of aromatic carboxylic acids is 1. The van der Waals surface area contributed by atoms with E-state index in [2.05, 4.69) is 4.98 Å². The maximum absolute atomic E-state index is 12.8. The van der Waals surface area contributed by atoms with Crippen LogP contribution in [0.2, 0.25) is 5.02 Å². The number of halogens is 1. The van der Waals surface area contributed by atoms with Crippen molar-refractivity contribution in [1.82, 2.24) is 4.98 Å². The molecule has 0 saturated heterocycles. The van der Waals surface area contributed by atoms with Gasteiger partial charge in [-0.25, -0.2) is 9.78 Å². The highest BCUT2D eigenvalue weighted by Gasteiger charge is 2.24. The summed E-state index contributed by atoms with van der Waals surface area (Å²) in [7, 11) is 0. The van der Waals surface area contributed by atoms with E-state index in [1.54, 1.807) is 35.7 Å². The van der Waals surface area contributed by atoms with Crippen LogP contribution in [-0.4, -0.2) is 26.8 Å². The Bertz CT molecular complexity index is 1310. The molecule has 4 rings (SSSR count). The van der Waals surface area contributed by atoms with Crippen LogP contribution in [0.15, 0.2) is 47.8 Å². The van der Waals surface area contributed by atoms with Gasteiger partial charge in [0.05, 0.1) is 15.2 Å². The first-order chi connectivity index (χ1) is 14.3. The van der Waals surface area contributed by atoms with Crippen molar-refractivity contribution in [3.63, 3.8) is 0 Å². The van der Waals surface area contributed by atoms with Crippen molar-refractivity contribution in [1.29, 1.82) is 0 Å². The molecule has 0 unspecified atom stereocenters. The molecule has 10 heteroatoms. The second-order valence-corrected chi connectivity index (χ2v) is 8.69. The summed E-state index contributed by atoms with van der Waals surface area (Å²) in [6, 6.07) is 11.3. The molecule has 7 nitrogen and oxygen atoms in total. The molecule has 0 amide bonds. The number of carbonyl (C=O) groups is 2. The highest BCUT2D eigenvalue weighted by Crippen LogP contribution is 2.34. The average Bonchev–Trinajstić information content (AvgIpc) is 3.32. The van der Waals surface area contributed by atoms with Crippen LogP contribution in [0, 0.1) is 10.1 Å². The molecule has 0 bridgehead atoms. The number of aromatic nitrogens is 1. The van der Waals surface area contributed by atoms with Crippen LogP contribution in [0.1, 0.15) is 25.0 Å². The van der Waals surface area contributed by atoms with Gasteiger partial charge in [0.2, 0.25) is 0 Å². The van der Waals surface area contributed by atoms with Crippen LogP contribution >= 0.6 is 34.3 Å². The fourth-order valence-corrected chi connectivity index (χ4v) is 5.12. The minimum atomic E-state index is -1.14. The van der Waals surface area contributed by atoms with Gasteiger partial charge in [-0.1, -0.05) is 29.8 Å². The molecule has 30 heavy (non-hydrogen) atoms. The maximum atomic E-state index is 12.8. The number of para-hydroxylation sites is 1. The third-order valence-corrected chi connectivity index (χ3v) is 6.69. The number of hydrogen-bond donors (Lipinski definition) is 1. The quantitative estimate of drug-likeness (QED) is 0.225. The number of nitro groups is 1. The zero-order valence-electron chi connectivity index (χ0n) is 15.0. The molecular formula is C20H11ClN2O5S2. The normalized spacial score (nSPS) is 11.0. The van der Waals surface area contributed by atoms with Gasteiger partial charge in [0.1, 0.15) is 0 Å². The van der Waals surface area contributed by atoms with E-state index in [4.69, 9.17) is 11.6 Å². The van der Waals surface area contributed by atoms with Crippen molar-refractivity contribution in [3.05, 3.63) is 78.4 Å². The number of hydrogen-bond acceptors (Lipinski definition) is 7. The summed E-state index contributed by atoms with van der Waals surface area (Å²) in [6.45, 7) is 0. The number of Topliss-reactive ketones (excluding diaryl/α,β-unsaturated/α-hetero) is 1. The zero-order chi connectivity index (χ0) is 21.4. The number of nitrogens with zero attached hydrogens (tertiary/aromatic N) is 2. The Morgan fingerprint density at radius 2 is 1.90 bits per heavy atom. The van der Waals surface area contributed by atoms with Gasteiger partial charge in [0, 0.05) is 28.0 Å². The Hall–Kier alpha value is -3.14. The summed E-state index contributed by atoms with van der Waals surface area (Å²) in [5.74, 6) is -1.53. The van der Waals surface area contributed by atoms with E-state index in [0.717, 1.165) is 11.3 Å². The SMILES string of the molecule is O=C(Cc1scc(-c2ccc(Cl)cc2)c1C(=O)O)c1nc2c([N+](=O)[O-])cccc2s1. The van der Waals surface area contributed by atoms with Crippen molar-refractivity contribution < 1.29 is 19.6 Å². The maximum Gasteiger partial charge on any atom is 0.337 e. The molecule has 0 spiro atoms. The summed E-state index contributed by atoms with van der Waals surface area (Å²) in [5.41, 5.74) is 1.23. The minimum absolute atomic E-state index is 0.0581. The summed E-state index contributed by atoms with van der Waals surface area (Å²) >= 11 is 8.13. The average molecular weight is 459 g/mol. The van der Waals surface area contributed by atoms with E-state index in [1.165, 1.54) is 23.5 Å². The Balaban J connectivity index is 1.69. The second kappa shape index (κ2) is 7.94. The molecule has 150 valence electrons. The number of thiophene rings is 1. The van der Waals surface area contributed by atoms with Crippen molar-refractivity contribution in [2.45, 2.75) is 6.42 Å². The number of carboxylic acid groups (broad SMARTS) is 1. The highest BCUT2D eigenvalue weighted by molar-refractivity contribution is 7.20. The van der Waals surface area contributed by atoms with Gasteiger partial charge in [-0.05, 0) is 29.1 Å². The molecule has 0 atom stereocenters. The number of nitro benzene ring substituents is 1. The molecule has 0 aliphatic carbocycles. The second-order valence-electron chi connectivity index (χ2n) is 6.26. The fraction of sp³-hybridized carbons (Fsp3) is 0.0500. The predicted octanol–water partition coefficient (Wildman–Crippen LogP) is 5.71. The monoisotopic (exact) mass is 458 g/mol. The Morgan fingerprint density at radius 1 is 1.17 bits per heavy atom.